The Morgan fingerprint density at radius 2 is 2.24 bits per heavy atom. The maximum Gasteiger partial charge on any atom is 0.315 e. The number of carbonyl (C=O) groups is 1. The van der Waals surface area contributed by atoms with E-state index in [1.165, 1.54) is 6.07 Å². The number of aliphatic hydroxyl groups excluding tert-OH is 1. The lowest BCUT2D eigenvalue weighted by Crippen LogP contribution is -2.41. The highest BCUT2D eigenvalue weighted by Crippen LogP contribution is 2.08. The smallest absolute Gasteiger partial charge is 0.315 e. The lowest BCUT2D eigenvalue weighted by molar-refractivity contribution is 0.220. The van der Waals surface area contributed by atoms with Gasteiger partial charge in [-0.3, -0.25) is 0 Å². The van der Waals surface area contributed by atoms with Crippen LogP contribution in [0.15, 0.2) is 18.2 Å². The molecule has 0 saturated heterocycles. The summed E-state index contributed by atoms with van der Waals surface area (Å²) in [6.45, 7) is 3.50. The number of carbonyl (C=O) groups excluding carboxylic acids is 1. The van der Waals surface area contributed by atoms with Crippen molar-refractivity contribution in [3.63, 3.8) is 0 Å². The second kappa shape index (κ2) is 6.20. The Balaban J connectivity index is 2.45. The van der Waals surface area contributed by atoms with E-state index in [1.807, 2.05) is 0 Å². The monoisotopic (exact) mass is 240 g/mol. The summed E-state index contributed by atoms with van der Waals surface area (Å²) in [6.07, 6.45) is 0. The summed E-state index contributed by atoms with van der Waals surface area (Å²) < 4.78 is 13.2. The molecule has 0 radical (unpaired) electrons. The molecule has 0 aliphatic carbocycles. The zero-order valence-electron chi connectivity index (χ0n) is 9.96. The fourth-order valence-corrected chi connectivity index (χ4v) is 1.25. The molecule has 94 valence electrons. The van der Waals surface area contributed by atoms with Crippen molar-refractivity contribution in [3.8, 4) is 0 Å². The van der Waals surface area contributed by atoms with Crippen LogP contribution in [0.5, 0.6) is 0 Å². The Morgan fingerprint density at radius 3 is 2.82 bits per heavy atom. The van der Waals surface area contributed by atoms with Crippen molar-refractivity contribution in [3.05, 3.63) is 35.1 Å². The molecule has 0 heterocycles. The average Bonchev–Trinajstić information content (AvgIpc) is 2.30. The predicted molar refractivity (Wildman–Crippen MR) is 63.1 cm³/mol. The summed E-state index contributed by atoms with van der Waals surface area (Å²) >= 11 is 0. The maximum absolute atomic E-state index is 13.2. The minimum absolute atomic E-state index is 0.118. The first kappa shape index (κ1) is 13.4. The number of hydrogen-bond donors (Lipinski definition) is 3. The third-order valence-electron chi connectivity index (χ3n) is 2.34. The molecule has 4 nitrogen and oxygen atoms in total. The second-order valence-corrected chi connectivity index (χ2v) is 3.99. The largest absolute Gasteiger partial charge is 0.394 e. The quantitative estimate of drug-likeness (QED) is 0.743. The molecule has 3 N–H and O–H groups in total. The molecule has 5 heteroatoms. The molecule has 1 rings (SSSR count). The summed E-state index contributed by atoms with van der Waals surface area (Å²) in [6, 6.07) is 4.14. The van der Waals surface area contributed by atoms with Gasteiger partial charge >= 0.3 is 6.03 Å². The number of benzene rings is 1. The van der Waals surface area contributed by atoms with E-state index in [4.69, 9.17) is 5.11 Å². The highest BCUT2D eigenvalue weighted by Gasteiger charge is 2.05. The van der Waals surface area contributed by atoms with Gasteiger partial charge in [0, 0.05) is 6.54 Å². The molecule has 0 aromatic heterocycles. The van der Waals surface area contributed by atoms with E-state index in [-0.39, 0.29) is 31.0 Å². The van der Waals surface area contributed by atoms with Gasteiger partial charge in [-0.15, -0.1) is 0 Å². The normalized spacial score (nSPS) is 12.0. The average molecular weight is 240 g/mol. The van der Waals surface area contributed by atoms with Gasteiger partial charge in [0.05, 0.1) is 12.6 Å². The van der Waals surface area contributed by atoms with Crippen molar-refractivity contribution in [2.45, 2.75) is 26.4 Å². The fraction of sp³-hybridized carbons (Fsp3) is 0.417. The number of aryl methyl sites for hydroxylation is 1. The van der Waals surface area contributed by atoms with Crippen LogP contribution in [-0.4, -0.2) is 23.8 Å². The summed E-state index contributed by atoms with van der Waals surface area (Å²) in [5.74, 6) is -0.284. The molecule has 0 bridgehead atoms. The van der Waals surface area contributed by atoms with Crippen molar-refractivity contribution in [2.75, 3.05) is 6.61 Å². The summed E-state index contributed by atoms with van der Waals surface area (Å²) in [7, 11) is 0. The van der Waals surface area contributed by atoms with Crippen LogP contribution >= 0.6 is 0 Å². The van der Waals surface area contributed by atoms with E-state index >= 15 is 0 Å². The summed E-state index contributed by atoms with van der Waals surface area (Å²) in [5.41, 5.74) is 1.27. The number of amides is 2. The standard InChI is InChI=1S/C12H17FN2O2/c1-8-3-4-10(5-11(8)13)6-14-12(17)15-9(2)7-16/h3-5,9,16H,6-7H2,1-2H3,(H2,14,15,17). The van der Waals surface area contributed by atoms with Gasteiger partial charge in [-0.1, -0.05) is 12.1 Å². The molecular weight excluding hydrogens is 223 g/mol. The van der Waals surface area contributed by atoms with E-state index in [1.54, 1.807) is 26.0 Å². The molecule has 0 spiro atoms. The van der Waals surface area contributed by atoms with Gasteiger partial charge in [0.25, 0.3) is 0 Å². The number of rotatable bonds is 4. The topological polar surface area (TPSA) is 61.4 Å². The highest BCUT2D eigenvalue weighted by molar-refractivity contribution is 5.74. The Labute approximate surface area is 99.8 Å². The van der Waals surface area contributed by atoms with E-state index < -0.39 is 0 Å². The second-order valence-electron chi connectivity index (χ2n) is 3.99. The van der Waals surface area contributed by atoms with Crippen molar-refractivity contribution in [1.82, 2.24) is 10.6 Å². The molecule has 0 fully saturated rings. The molecule has 0 aliphatic heterocycles. The number of hydrogen-bond acceptors (Lipinski definition) is 2. The number of aliphatic hydroxyl groups is 1. The van der Waals surface area contributed by atoms with E-state index in [9.17, 15) is 9.18 Å². The molecule has 1 aromatic rings. The first-order valence-electron chi connectivity index (χ1n) is 5.43. The van der Waals surface area contributed by atoms with Crippen LogP contribution in [-0.2, 0) is 6.54 Å². The molecule has 17 heavy (non-hydrogen) atoms. The van der Waals surface area contributed by atoms with Gasteiger partial charge in [0.1, 0.15) is 5.82 Å². The van der Waals surface area contributed by atoms with Gasteiger partial charge in [0.2, 0.25) is 0 Å². The van der Waals surface area contributed by atoms with Crippen molar-refractivity contribution >= 4 is 6.03 Å². The Morgan fingerprint density at radius 1 is 1.53 bits per heavy atom. The minimum atomic E-state index is -0.382. The number of nitrogens with one attached hydrogen (secondary N) is 2. The van der Waals surface area contributed by atoms with E-state index in [0.29, 0.717) is 11.1 Å². The third kappa shape index (κ3) is 4.40. The highest BCUT2D eigenvalue weighted by atomic mass is 19.1. The van der Waals surface area contributed by atoms with Crippen LogP contribution in [0, 0.1) is 12.7 Å². The molecule has 2 amide bonds. The molecule has 0 saturated carbocycles. The van der Waals surface area contributed by atoms with Crippen molar-refractivity contribution < 1.29 is 14.3 Å². The molecular formula is C12H17FN2O2. The molecule has 1 unspecified atom stereocenters. The SMILES string of the molecule is Cc1ccc(CNC(=O)NC(C)CO)cc1F. The number of halogens is 1. The van der Waals surface area contributed by atoms with Crippen LogP contribution in [0.25, 0.3) is 0 Å². The van der Waals surface area contributed by atoms with Gasteiger partial charge < -0.3 is 15.7 Å². The van der Waals surface area contributed by atoms with Crippen LogP contribution in [0.2, 0.25) is 0 Å². The zero-order valence-corrected chi connectivity index (χ0v) is 9.96. The zero-order chi connectivity index (χ0) is 12.8. The Kier molecular flexibility index (Phi) is 4.90. The summed E-state index contributed by atoms with van der Waals surface area (Å²) in [4.78, 5) is 11.3. The molecule has 0 aliphatic rings. The first-order chi connectivity index (χ1) is 8.02. The van der Waals surface area contributed by atoms with Crippen molar-refractivity contribution in [1.29, 1.82) is 0 Å². The van der Waals surface area contributed by atoms with E-state index in [2.05, 4.69) is 10.6 Å². The maximum atomic E-state index is 13.2. The lowest BCUT2D eigenvalue weighted by Gasteiger charge is -2.12. The first-order valence-corrected chi connectivity index (χ1v) is 5.43. The van der Waals surface area contributed by atoms with Gasteiger partial charge in [-0.25, -0.2) is 9.18 Å². The summed E-state index contributed by atoms with van der Waals surface area (Å²) in [5, 5.41) is 13.9. The van der Waals surface area contributed by atoms with E-state index in [0.717, 1.165) is 0 Å². The Hall–Kier alpha value is -1.62. The lowest BCUT2D eigenvalue weighted by atomic mass is 10.1. The predicted octanol–water partition coefficient (Wildman–Crippen LogP) is 1.31. The van der Waals surface area contributed by atoms with Crippen LogP contribution in [0.3, 0.4) is 0 Å². The molecule has 1 atom stereocenters. The van der Waals surface area contributed by atoms with Gasteiger partial charge in [-0.2, -0.15) is 0 Å². The van der Waals surface area contributed by atoms with Crippen LogP contribution in [0.1, 0.15) is 18.1 Å². The minimum Gasteiger partial charge on any atom is -0.394 e. The van der Waals surface area contributed by atoms with Crippen molar-refractivity contribution in [2.24, 2.45) is 0 Å². The fourth-order valence-electron chi connectivity index (χ4n) is 1.25. The van der Waals surface area contributed by atoms with Gasteiger partial charge in [0.15, 0.2) is 0 Å². The van der Waals surface area contributed by atoms with Crippen LogP contribution in [0.4, 0.5) is 9.18 Å². The van der Waals surface area contributed by atoms with Crippen LogP contribution < -0.4 is 10.6 Å². The number of urea groups is 1. The molecule has 1 aromatic carbocycles. The van der Waals surface area contributed by atoms with Gasteiger partial charge in [-0.05, 0) is 31.0 Å². The third-order valence-corrected chi connectivity index (χ3v) is 2.34. The Bertz CT molecular complexity index is 396.